The zero-order valence-electron chi connectivity index (χ0n) is 6.78. The molecule has 0 fully saturated rings. The van der Waals surface area contributed by atoms with Gasteiger partial charge in [-0.3, -0.25) is 10.1 Å². The summed E-state index contributed by atoms with van der Waals surface area (Å²) in [6.07, 6.45) is 0. The van der Waals surface area contributed by atoms with Crippen LogP contribution in [0.25, 0.3) is 10.4 Å². The Hall–Kier alpha value is -2.58. The predicted octanol–water partition coefficient (Wildman–Crippen LogP) is 2.41. The second-order valence-electron chi connectivity index (χ2n) is 2.23. The molecule has 1 rings (SSSR count). The van der Waals surface area contributed by atoms with Crippen molar-refractivity contribution in [2.24, 2.45) is 5.11 Å². The summed E-state index contributed by atoms with van der Waals surface area (Å²) in [6, 6.07) is 5.58. The Labute approximate surface area is 78.0 Å². The number of nitro groups is 1. The minimum atomic E-state index is -0.704. The summed E-state index contributed by atoms with van der Waals surface area (Å²) >= 11 is 0. The molecule has 14 heavy (non-hydrogen) atoms. The first-order valence-corrected chi connectivity index (χ1v) is 3.43. The summed E-state index contributed by atoms with van der Waals surface area (Å²) in [7, 11) is 0. The lowest BCUT2D eigenvalue weighted by molar-refractivity contribution is -0.384. The van der Waals surface area contributed by atoms with Gasteiger partial charge in [0.25, 0.3) is 5.69 Å². The van der Waals surface area contributed by atoms with E-state index in [4.69, 9.17) is 10.8 Å². The predicted molar refractivity (Wildman–Crippen MR) is 46.6 cm³/mol. The maximum atomic E-state index is 10.5. The van der Waals surface area contributed by atoms with E-state index in [9.17, 15) is 10.1 Å². The van der Waals surface area contributed by atoms with Gasteiger partial charge in [0.1, 0.15) is 5.69 Å². The molecular formula is C7H3N5O2. The van der Waals surface area contributed by atoms with E-state index in [1.54, 1.807) is 6.07 Å². The molecule has 0 aliphatic heterocycles. The monoisotopic (exact) mass is 189 g/mol. The molecule has 0 heterocycles. The van der Waals surface area contributed by atoms with Crippen LogP contribution in [0.5, 0.6) is 0 Å². The fourth-order valence-electron chi connectivity index (χ4n) is 0.919. The summed E-state index contributed by atoms with van der Waals surface area (Å²) in [6.45, 7) is 0. The molecular weight excluding hydrogens is 186 g/mol. The summed E-state index contributed by atoms with van der Waals surface area (Å²) in [4.78, 5) is 12.2. The molecule has 0 amide bonds. The van der Waals surface area contributed by atoms with Crippen LogP contribution < -0.4 is 0 Å². The van der Waals surface area contributed by atoms with Gasteiger partial charge in [-0.25, -0.2) is 0 Å². The molecule has 0 aliphatic carbocycles. The number of nitro benzene ring substituents is 1. The third kappa shape index (κ3) is 1.60. The number of hydrogen-bond acceptors (Lipinski definition) is 4. The van der Waals surface area contributed by atoms with Crippen LogP contribution in [-0.4, -0.2) is 4.92 Å². The largest absolute Gasteiger partial charge is 0.280 e. The van der Waals surface area contributed by atoms with Crippen LogP contribution >= 0.6 is 0 Å². The highest BCUT2D eigenvalue weighted by molar-refractivity contribution is 5.66. The average molecular weight is 189 g/mol. The summed E-state index contributed by atoms with van der Waals surface area (Å²) in [5.74, 6) is 0. The third-order valence-electron chi connectivity index (χ3n) is 1.48. The molecule has 0 bridgehead atoms. The van der Waals surface area contributed by atoms with Gasteiger partial charge in [-0.15, -0.1) is 0 Å². The van der Waals surface area contributed by atoms with Crippen LogP contribution in [0, 0.1) is 21.4 Å². The Morgan fingerprint density at radius 1 is 1.64 bits per heavy atom. The smallest absolute Gasteiger partial charge is 0.258 e. The number of nitrogens with zero attached hydrogens (tertiary/aromatic N) is 5. The molecule has 0 saturated carbocycles. The maximum absolute atomic E-state index is 10.5. The molecule has 0 aromatic heterocycles. The molecule has 0 radical (unpaired) electrons. The Kier molecular flexibility index (Phi) is 2.64. The van der Waals surface area contributed by atoms with E-state index in [-0.39, 0.29) is 16.9 Å². The van der Waals surface area contributed by atoms with Gasteiger partial charge in [0, 0.05) is 11.0 Å². The van der Waals surface area contributed by atoms with Crippen LogP contribution in [0.3, 0.4) is 0 Å². The van der Waals surface area contributed by atoms with Crippen LogP contribution in [0.2, 0.25) is 0 Å². The average Bonchev–Trinajstić information content (AvgIpc) is 2.18. The van der Waals surface area contributed by atoms with E-state index in [0.29, 0.717) is 0 Å². The van der Waals surface area contributed by atoms with Crippen molar-refractivity contribution in [1.82, 2.24) is 0 Å². The molecule has 0 N–H and O–H groups in total. The van der Waals surface area contributed by atoms with E-state index in [1.807, 2.05) is 0 Å². The van der Waals surface area contributed by atoms with Crippen molar-refractivity contribution in [3.8, 4) is 6.07 Å². The normalized spacial score (nSPS) is 8.50. The molecule has 68 valence electrons. The van der Waals surface area contributed by atoms with Crippen molar-refractivity contribution in [1.29, 1.82) is 5.26 Å². The standard InChI is InChI=1S/C7H3N5O2/c8-4-5-2-1-3-6(12(13)14)7(5)10-11-9/h1-3H. The second-order valence-corrected chi connectivity index (χ2v) is 2.23. The molecule has 0 spiro atoms. The van der Waals surface area contributed by atoms with Crippen molar-refractivity contribution in [3.05, 3.63) is 44.3 Å². The van der Waals surface area contributed by atoms with Crippen LogP contribution in [0.1, 0.15) is 5.56 Å². The van der Waals surface area contributed by atoms with E-state index in [0.717, 1.165) is 0 Å². The van der Waals surface area contributed by atoms with Gasteiger partial charge < -0.3 is 0 Å². The van der Waals surface area contributed by atoms with Gasteiger partial charge in [-0.2, -0.15) is 5.26 Å². The van der Waals surface area contributed by atoms with Gasteiger partial charge in [0.05, 0.1) is 16.6 Å². The first kappa shape index (κ1) is 9.51. The highest BCUT2D eigenvalue weighted by Crippen LogP contribution is 2.30. The van der Waals surface area contributed by atoms with Crippen molar-refractivity contribution >= 4 is 11.4 Å². The van der Waals surface area contributed by atoms with Crippen molar-refractivity contribution in [2.75, 3.05) is 0 Å². The van der Waals surface area contributed by atoms with Crippen LogP contribution in [0.15, 0.2) is 23.3 Å². The van der Waals surface area contributed by atoms with E-state index >= 15 is 0 Å². The van der Waals surface area contributed by atoms with Gasteiger partial charge >= 0.3 is 0 Å². The minimum absolute atomic E-state index is 0.0167. The highest BCUT2D eigenvalue weighted by Gasteiger charge is 2.15. The Bertz CT molecular complexity index is 469. The van der Waals surface area contributed by atoms with Gasteiger partial charge in [-0.05, 0) is 11.6 Å². The lowest BCUT2D eigenvalue weighted by Crippen LogP contribution is -1.89. The molecule has 7 nitrogen and oxygen atoms in total. The fraction of sp³-hybridized carbons (Fsp3) is 0. The summed E-state index contributed by atoms with van der Waals surface area (Å²) < 4.78 is 0. The fourth-order valence-corrected chi connectivity index (χ4v) is 0.919. The molecule has 7 heteroatoms. The lowest BCUT2D eigenvalue weighted by atomic mass is 10.2. The SMILES string of the molecule is N#Cc1cccc([N+](=O)[O-])c1N=[N+]=[N-]. The molecule has 1 aromatic carbocycles. The molecule has 1 aromatic rings. The van der Waals surface area contributed by atoms with Gasteiger partial charge in [-0.1, -0.05) is 11.2 Å². The topological polar surface area (TPSA) is 116 Å². The van der Waals surface area contributed by atoms with Gasteiger partial charge in [0.2, 0.25) is 0 Å². The first-order chi connectivity index (χ1) is 6.70. The summed E-state index contributed by atoms with van der Waals surface area (Å²) in [5, 5.41) is 22.2. The zero-order valence-corrected chi connectivity index (χ0v) is 6.78. The van der Waals surface area contributed by atoms with Gasteiger partial charge in [0.15, 0.2) is 0 Å². The van der Waals surface area contributed by atoms with Crippen molar-refractivity contribution in [3.63, 3.8) is 0 Å². The Morgan fingerprint density at radius 2 is 2.36 bits per heavy atom. The Morgan fingerprint density at radius 3 is 2.86 bits per heavy atom. The second kappa shape index (κ2) is 3.89. The number of hydrogen-bond donors (Lipinski definition) is 0. The van der Waals surface area contributed by atoms with E-state index < -0.39 is 4.92 Å². The maximum Gasteiger partial charge on any atom is 0.280 e. The third-order valence-corrected chi connectivity index (χ3v) is 1.48. The van der Waals surface area contributed by atoms with Crippen LogP contribution in [-0.2, 0) is 0 Å². The van der Waals surface area contributed by atoms with Crippen LogP contribution in [0.4, 0.5) is 11.4 Å². The number of azide groups is 1. The number of rotatable bonds is 2. The highest BCUT2D eigenvalue weighted by atomic mass is 16.6. The molecule has 0 atom stereocenters. The number of nitriles is 1. The van der Waals surface area contributed by atoms with E-state index in [1.165, 1.54) is 18.2 Å². The van der Waals surface area contributed by atoms with Crippen molar-refractivity contribution < 1.29 is 4.92 Å². The quantitative estimate of drug-likeness (QED) is 0.233. The number of benzene rings is 1. The van der Waals surface area contributed by atoms with E-state index in [2.05, 4.69) is 10.0 Å². The molecule has 0 aliphatic rings. The lowest BCUT2D eigenvalue weighted by Gasteiger charge is -1.96. The summed E-state index contributed by atoms with van der Waals surface area (Å²) in [5.41, 5.74) is 7.53. The minimum Gasteiger partial charge on any atom is -0.258 e. The zero-order chi connectivity index (χ0) is 10.6. The Balaban J connectivity index is 3.52. The first-order valence-electron chi connectivity index (χ1n) is 3.43. The molecule has 0 unspecified atom stereocenters. The molecule has 0 saturated heterocycles. The van der Waals surface area contributed by atoms with Crippen molar-refractivity contribution in [2.45, 2.75) is 0 Å².